The first-order valence-corrected chi connectivity index (χ1v) is 7.96. The zero-order chi connectivity index (χ0) is 14.8. The van der Waals surface area contributed by atoms with Crippen LogP contribution in [0.1, 0.15) is 49.8 Å². The number of likely N-dealkylation sites (tertiary alicyclic amines) is 1. The highest BCUT2D eigenvalue weighted by Crippen LogP contribution is 2.37. The maximum atomic E-state index is 11.1. The van der Waals surface area contributed by atoms with Crippen molar-refractivity contribution >= 4 is 5.91 Å². The van der Waals surface area contributed by atoms with Crippen molar-refractivity contribution in [1.82, 2.24) is 10.2 Å². The lowest BCUT2D eigenvalue weighted by molar-refractivity contribution is -0.120. The molecule has 0 saturated carbocycles. The first-order chi connectivity index (χ1) is 10.1. The average Bonchev–Trinajstić information content (AvgIpc) is 2.46. The Morgan fingerprint density at radius 3 is 2.76 bits per heavy atom. The molecule has 1 saturated heterocycles. The highest BCUT2D eigenvalue weighted by atomic mass is 16.3. The van der Waals surface area contributed by atoms with E-state index in [1.807, 2.05) is 6.07 Å². The van der Waals surface area contributed by atoms with Crippen molar-refractivity contribution in [3.8, 4) is 5.75 Å². The average molecular weight is 288 g/mol. The fourth-order valence-electron chi connectivity index (χ4n) is 3.80. The van der Waals surface area contributed by atoms with Crippen LogP contribution in [0.4, 0.5) is 0 Å². The summed E-state index contributed by atoms with van der Waals surface area (Å²) in [7, 11) is 0. The number of fused-ring (bicyclic) bond motifs is 1. The van der Waals surface area contributed by atoms with E-state index in [4.69, 9.17) is 0 Å². The third-order valence-corrected chi connectivity index (χ3v) is 4.79. The molecule has 1 unspecified atom stereocenters. The molecule has 1 aliphatic heterocycles. The van der Waals surface area contributed by atoms with Gasteiger partial charge in [-0.05, 0) is 55.4 Å². The Balaban J connectivity index is 1.68. The summed E-state index contributed by atoms with van der Waals surface area (Å²) >= 11 is 0. The number of benzene rings is 1. The molecule has 4 nitrogen and oxygen atoms in total. The van der Waals surface area contributed by atoms with Crippen molar-refractivity contribution in [3.05, 3.63) is 29.3 Å². The van der Waals surface area contributed by atoms with Gasteiger partial charge >= 0.3 is 0 Å². The van der Waals surface area contributed by atoms with Crippen molar-refractivity contribution < 1.29 is 9.90 Å². The number of nitrogens with one attached hydrogen (secondary N) is 1. The number of rotatable bonds is 2. The van der Waals surface area contributed by atoms with Crippen LogP contribution in [0.5, 0.6) is 5.75 Å². The Morgan fingerprint density at radius 2 is 2.05 bits per heavy atom. The second-order valence-corrected chi connectivity index (χ2v) is 6.30. The molecule has 0 radical (unpaired) electrons. The summed E-state index contributed by atoms with van der Waals surface area (Å²) in [5, 5.41) is 12.7. The van der Waals surface area contributed by atoms with Gasteiger partial charge in [-0.1, -0.05) is 6.07 Å². The molecule has 2 N–H and O–H groups in total. The topological polar surface area (TPSA) is 52.6 Å². The van der Waals surface area contributed by atoms with Crippen molar-refractivity contribution in [3.63, 3.8) is 0 Å². The lowest BCUT2D eigenvalue weighted by Crippen LogP contribution is -2.45. The lowest BCUT2D eigenvalue weighted by Gasteiger charge is -2.40. The molecular formula is C17H24N2O2. The van der Waals surface area contributed by atoms with E-state index in [1.165, 1.54) is 24.0 Å². The Morgan fingerprint density at radius 1 is 1.29 bits per heavy atom. The van der Waals surface area contributed by atoms with Gasteiger partial charge in [-0.3, -0.25) is 9.69 Å². The molecule has 1 amide bonds. The number of aromatic hydroxyl groups is 1. The summed E-state index contributed by atoms with van der Waals surface area (Å²) in [6, 6.07) is 6.63. The van der Waals surface area contributed by atoms with E-state index in [0.717, 1.165) is 32.4 Å². The minimum absolute atomic E-state index is 0.0759. The first-order valence-electron chi connectivity index (χ1n) is 7.96. The molecule has 0 aromatic heterocycles. The monoisotopic (exact) mass is 288 g/mol. The van der Waals surface area contributed by atoms with Crippen LogP contribution in [0, 0.1) is 0 Å². The molecule has 1 heterocycles. The maximum absolute atomic E-state index is 11.1. The summed E-state index contributed by atoms with van der Waals surface area (Å²) < 4.78 is 0. The normalized spacial score (nSPS) is 23.6. The van der Waals surface area contributed by atoms with Gasteiger partial charge in [-0.15, -0.1) is 0 Å². The van der Waals surface area contributed by atoms with Gasteiger partial charge in [0.15, 0.2) is 0 Å². The molecule has 3 rings (SSSR count). The lowest BCUT2D eigenvalue weighted by atomic mass is 9.85. The summed E-state index contributed by atoms with van der Waals surface area (Å²) in [6.07, 6.45) is 5.52. The van der Waals surface area contributed by atoms with Crippen LogP contribution in [-0.4, -0.2) is 35.0 Å². The fourth-order valence-corrected chi connectivity index (χ4v) is 3.80. The van der Waals surface area contributed by atoms with Crippen LogP contribution < -0.4 is 5.32 Å². The molecule has 1 atom stereocenters. The Labute approximate surface area is 126 Å². The largest absolute Gasteiger partial charge is 0.508 e. The molecule has 0 bridgehead atoms. The van der Waals surface area contributed by atoms with Gasteiger partial charge in [0.1, 0.15) is 5.75 Å². The summed E-state index contributed by atoms with van der Waals surface area (Å²) in [4.78, 5) is 13.7. The SMILES string of the molecule is CC(=O)NC1CCN(C2CCCc3cc(O)ccc32)CC1. The van der Waals surface area contributed by atoms with E-state index < -0.39 is 0 Å². The van der Waals surface area contributed by atoms with E-state index in [0.29, 0.717) is 17.8 Å². The second-order valence-electron chi connectivity index (χ2n) is 6.30. The smallest absolute Gasteiger partial charge is 0.217 e. The van der Waals surface area contributed by atoms with Crippen molar-refractivity contribution in [2.45, 2.75) is 51.1 Å². The van der Waals surface area contributed by atoms with E-state index >= 15 is 0 Å². The van der Waals surface area contributed by atoms with E-state index in [2.05, 4.69) is 16.3 Å². The van der Waals surface area contributed by atoms with Crippen LogP contribution in [-0.2, 0) is 11.2 Å². The first kappa shape index (κ1) is 14.4. The molecule has 4 heteroatoms. The third-order valence-electron chi connectivity index (χ3n) is 4.79. The van der Waals surface area contributed by atoms with Gasteiger partial charge < -0.3 is 10.4 Å². The van der Waals surface area contributed by atoms with E-state index in [-0.39, 0.29) is 5.91 Å². The summed E-state index contributed by atoms with van der Waals surface area (Å²) in [5.41, 5.74) is 2.69. The number of carbonyl (C=O) groups excluding carboxylic acids is 1. The van der Waals surface area contributed by atoms with E-state index in [1.54, 1.807) is 13.0 Å². The number of hydrogen-bond acceptors (Lipinski definition) is 3. The third kappa shape index (κ3) is 3.21. The predicted octanol–water partition coefficient (Wildman–Crippen LogP) is 2.37. The summed E-state index contributed by atoms with van der Waals surface area (Å²) in [5.74, 6) is 0.450. The molecule has 1 fully saturated rings. The number of piperidine rings is 1. The molecule has 21 heavy (non-hydrogen) atoms. The number of aryl methyl sites for hydroxylation is 1. The fraction of sp³-hybridized carbons (Fsp3) is 0.588. The number of hydrogen-bond donors (Lipinski definition) is 2. The molecular weight excluding hydrogens is 264 g/mol. The molecule has 114 valence electrons. The molecule has 1 aliphatic carbocycles. The minimum atomic E-state index is 0.0759. The standard InChI is InChI=1S/C17H24N2O2/c1-12(20)18-14-7-9-19(10-8-14)17-4-2-3-13-11-15(21)5-6-16(13)17/h5-6,11,14,17,21H,2-4,7-10H2,1H3,(H,18,20). The molecule has 1 aromatic rings. The van der Waals surface area contributed by atoms with Crippen LogP contribution in [0.2, 0.25) is 0 Å². The maximum Gasteiger partial charge on any atom is 0.217 e. The van der Waals surface area contributed by atoms with Gasteiger partial charge in [-0.2, -0.15) is 0 Å². The number of carbonyl (C=O) groups is 1. The van der Waals surface area contributed by atoms with Crippen molar-refractivity contribution in [2.75, 3.05) is 13.1 Å². The second kappa shape index (κ2) is 6.06. The number of phenolic OH excluding ortho intramolecular Hbond substituents is 1. The van der Waals surface area contributed by atoms with Gasteiger partial charge in [0.05, 0.1) is 0 Å². The van der Waals surface area contributed by atoms with Crippen LogP contribution in [0.25, 0.3) is 0 Å². The molecule has 0 spiro atoms. The van der Waals surface area contributed by atoms with Crippen LogP contribution in [0.3, 0.4) is 0 Å². The van der Waals surface area contributed by atoms with Gasteiger partial charge in [0.2, 0.25) is 5.91 Å². The highest BCUT2D eigenvalue weighted by molar-refractivity contribution is 5.73. The Kier molecular flexibility index (Phi) is 4.15. The van der Waals surface area contributed by atoms with Gasteiger partial charge in [0, 0.05) is 32.1 Å². The van der Waals surface area contributed by atoms with Gasteiger partial charge in [0.25, 0.3) is 0 Å². The number of amides is 1. The Bertz CT molecular complexity index is 522. The van der Waals surface area contributed by atoms with Crippen LogP contribution in [0.15, 0.2) is 18.2 Å². The molecule has 1 aromatic carbocycles. The zero-order valence-electron chi connectivity index (χ0n) is 12.6. The van der Waals surface area contributed by atoms with Crippen molar-refractivity contribution in [1.29, 1.82) is 0 Å². The minimum Gasteiger partial charge on any atom is -0.508 e. The quantitative estimate of drug-likeness (QED) is 0.878. The zero-order valence-corrected chi connectivity index (χ0v) is 12.6. The van der Waals surface area contributed by atoms with Gasteiger partial charge in [-0.25, -0.2) is 0 Å². The summed E-state index contributed by atoms with van der Waals surface area (Å²) in [6.45, 7) is 3.67. The predicted molar refractivity (Wildman–Crippen MR) is 82.2 cm³/mol. The molecule has 2 aliphatic rings. The highest BCUT2D eigenvalue weighted by Gasteiger charge is 2.29. The number of nitrogens with zero attached hydrogens (tertiary/aromatic N) is 1. The van der Waals surface area contributed by atoms with E-state index in [9.17, 15) is 9.90 Å². The van der Waals surface area contributed by atoms with Crippen LogP contribution >= 0.6 is 0 Å². The number of phenols is 1. The van der Waals surface area contributed by atoms with Crippen molar-refractivity contribution in [2.24, 2.45) is 0 Å². The Hall–Kier alpha value is -1.55.